The minimum atomic E-state index is -0.0132. The van der Waals surface area contributed by atoms with Crippen LogP contribution in [0.1, 0.15) is 30.6 Å². The fourth-order valence-electron chi connectivity index (χ4n) is 2.40. The van der Waals surface area contributed by atoms with E-state index in [0.717, 1.165) is 28.6 Å². The first kappa shape index (κ1) is 13.9. The first-order chi connectivity index (χ1) is 9.19. The van der Waals surface area contributed by atoms with Gasteiger partial charge in [-0.15, -0.1) is 0 Å². The van der Waals surface area contributed by atoms with E-state index in [9.17, 15) is 0 Å². The fraction of sp³-hybridized carbons (Fsp3) is 0.400. The number of hydrogen-bond donors (Lipinski definition) is 2. The lowest BCUT2D eigenvalue weighted by atomic mass is 9.98. The van der Waals surface area contributed by atoms with E-state index in [1.807, 2.05) is 19.1 Å². The van der Waals surface area contributed by atoms with E-state index in [0.29, 0.717) is 0 Å². The van der Waals surface area contributed by atoms with Gasteiger partial charge in [-0.05, 0) is 37.1 Å². The van der Waals surface area contributed by atoms with Crippen molar-refractivity contribution in [2.24, 2.45) is 5.84 Å². The number of benzene rings is 1. The Morgan fingerprint density at radius 3 is 2.74 bits per heavy atom. The quantitative estimate of drug-likeness (QED) is 0.639. The molecule has 0 radical (unpaired) electrons. The molecule has 0 saturated heterocycles. The number of nitrogens with two attached hydrogens (primary N) is 1. The van der Waals surface area contributed by atoms with Crippen LogP contribution in [0.25, 0.3) is 10.9 Å². The minimum absolute atomic E-state index is 0.0132. The average Bonchev–Trinajstić information content (AvgIpc) is 2.44. The average molecular weight is 259 g/mol. The maximum Gasteiger partial charge on any atom is 0.0776 e. The molecule has 2 atom stereocenters. The molecule has 0 spiro atoms. The molecule has 2 aromatic rings. The van der Waals surface area contributed by atoms with Crippen LogP contribution in [0.15, 0.2) is 30.3 Å². The summed E-state index contributed by atoms with van der Waals surface area (Å²) in [5.41, 5.74) is 6.00. The Bertz CT molecular complexity index is 552. The highest BCUT2D eigenvalue weighted by atomic mass is 16.5. The van der Waals surface area contributed by atoms with Gasteiger partial charge >= 0.3 is 0 Å². The minimum Gasteiger partial charge on any atom is -0.379 e. The van der Waals surface area contributed by atoms with E-state index in [1.165, 1.54) is 0 Å². The summed E-state index contributed by atoms with van der Waals surface area (Å²) in [7, 11) is 1.71. The highest BCUT2D eigenvalue weighted by Gasteiger charge is 2.20. The molecule has 0 fully saturated rings. The smallest absolute Gasteiger partial charge is 0.0776 e. The van der Waals surface area contributed by atoms with Gasteiger partial charge in [-0.1, -0.05) is 19.1 Å². The monoisotopic (exact) mass is 259 g/mol. The zero-order valence-electron chi connectivity index (χ0n) is 11.7. The molecular weight excluding hydrogens is 238 g/mol. The Morgan fingerprint density at radius 2 is 2.11 bits per heavy atom. The first-order valence-electron chi connectivity index (χ1n) is 6.55. The normalized spacial score (nSPS) is 14.5. The Morgan fingerprint density at radius 1 is 1.32 bits per heavy atom. The van der Waals surface area contributed by atoms with Crippen molar-refractivity contribution in [3.05, 3.63) is 41.6 Å². The van der Waals surface area contributed by atoms with E-state index in [2.05, 4.69) is 35.5 Å². The van der Waals surface area contributed by atoms with Crippen molar-refractivity contribution in [2.45, 2.75) is 32.4 Å². The van der Waals surface area contributed by atoms with E-state index in [-0.39, 0.29) is 12.1 Å². The second kappa shape index (κ2) is 6.10. The third-order valence-electron chi connectivity index (χ3n) is 3.47. The molecule has 19 heavy (non-hydrogen) atoms. The van der Waals surface area contributed by atoms with Gasteiger partial charge in [0.1, 0.15) is 0 Å². The van der Waals surface area contributed by atoms with Gasteiger partial charge in [0.05, 0.1) is 17.7 Å². The van der Waals surface area contributed by atoms with Gasteiger partial charge in [0.25, 0.3) is 0 Å². The number of nitrogens with one attached hydrogen (secondary N) is 1. The molecule has 102 valence electrons. The Hall–Kier alpha value is -1.49. The molecular formula is C15H21N3O. The highest BCUT2D eigenvalue weighted by Crippen LogP contribution is 2.24. The number of nitrogens with zero attached hydrogens (tertiary/aromatic N) is 1. The molecule has 0 aliphatic carbocycles. The Kier molecular flexibility index (Phi) is 4.47. The van der Waals surface area contributed by atoms with Crippen molar-refractivity contribution in [1.82, 2.24) is 10.4 Å². The third kappa shape index (κ3) is 2.92. The van der Waals surface area contributed by atoms with Gasteiger partial charge in [-0.2, -0.15) is 0 Å². The third-order valence-corrected chi connectivity index (χ3v) is 3.47. The van der Waals surface area contributed by atoms with Crippen molar-refractivity contribution in [1.29, 1.82) is 0 Å². The van der Waals surface area contributed by atoms with Crippen molar-refractivity contribution >= 4 is 10.9 Å². The second-order valence-electron chi connectivity index (χ2n) is 4.73. The van der Waals surface area contributed by atoms with Gasteiger partial charge in [0.15, 0.2) is 0 Å². The number of rotatable bonds is 5. The molecule has 1 aromatic carbocycles. The van der Waals surface area contributed by atoms with Gasteiger partial charge in [0.2, 0.25) is 0 Å². The topological polar surface area (TPSA) is 60.2 Å². The van der Waals surface area contributed by atoms with Crippen LogP contribution in [0.5, 0.6) is 0 Å². The number of aromatic nitrogens is 1. The number of hydrazine groups is 1. The summed E-state index contributed by atoms with van der Waals surface area (Å²) in [6.45, 7) is 4.08. The maximum atomic E-state index is 5.68. The van der Waals surface area contributed by atoms with Crippen LogP contribution in [0.3, 0.4) is 0 Å². The van der Waals surface area contributed by atoms with Gasteiger partial charge in [0, 0.05) is 18.2 Å². The molecule has 0 aliphatic heterocycles. The summed E-state index contributed by atoms with van der Waals surface area (Å²) in [6, 6.07) is 10.3. The lowest BCUT2D eigenvalue weighted by Gasteiger charge is -2.25. The SMILES string of the molecule is CCC(OC)C(NN)c1ccc2nc(C)ccc2c1. The zero-order valence-corrected chi connectivity index (χ0v) is 11.7. The number of methoxy groups -OCH3 is 1. The van der Waals surface area contributed by atoms with Crippen LogP contribution in [0, 0.1) is 6.92 Å². The highest BCUT2D eigenvalue weighted by molar-refractivity contribution is 5.79. The number of aryl methyl sites for hydroxylation is 1. The predicted octanol–water partition coefficient (Wildman–Crippen LogP) is 2.47. The lowest BCUT2D eigenvalue weighted by molar-refractivity contribution is 0.0651. The summed E-state index contributed by atoms with van der Waals surface area (Å²) >= 11 is 0. The van der Waals surface area contributed by atoms with Crippen LogP contribution in [-0.4, -0.2) is 18.2 Å². The number of hydrogen-bond acceptors (Lipinski definition) is 4. The molecule has 4 nitrogen and oxygen atoms in total. The molecule has 3 N–H and O–H groups in total. The lowest BCUT2D eigenvalue weighted by Crippen LogP contribution is -2.37. The first-order valence-corrected chi connectivity index (χ1v) is 6.55. The van der Waals surface area contributed by atoms with Crippen molar-refractivity contribution in [3.63, 3.8) is 0 Å². The molecule has 4 heteroatoms. The van der Waals surface area contributed by atoms with Gasteiger partial charge in [-0.3, -0.25) is 16.3 Å². The summed E-state index contributed by atoms with van der Waals surface area (Å²) in [4.78, 5) is 4.50. The Labute approximate surface area is 113 Å². The van der Waals surface area contributed by atoms with Crippen LogP contribution >= 0.6 is 0 Å². The van der Waals surface area contributed by atoms with Crippen molar-refractivity contribution in [2.75, 3.05) is 7.11 Å². The molecule has 0 amide bonds. The van der Waals surface area contributed by atoms with Crippen LogP contribution in [0.4, 0.5) is 0 Å². The van der Waals surface area contributed by atoms with Crippen LogP contribution in [0.2, 0.25) is 0 Å². The molecule has 0 saturated carbocycles. The largest absolute Gasteiger partial charge is 0.379 e. The molecule has 0 aliphatic rings. The summed E-state index contributed by atoms with van der Waals surface area (Å²) in [5.74, 6) is 5.68. The molecule has 1 aromatic heterocycles. The van der Waals surface area contributed by atoms with Crippen LogP contribution in [-0.2, 0) is 4.74 Å². The van der Waals surface area contributed by atoms with Crippen molar-refractivity contribution < 1.29 is 4.74 Å². The zero-order chi connectivity index (χ0) is 13.8. The molecule has 2 unspecified atom stereocenters. The standard InChI is InChI=1S/C15H21N3O/c1-4-14(19-3)15(18-16)12-7-8-13-11(9-12)6-5-10(2)17-13/h5-9,14-15,18H,4,16H2,1-3H3. The van der Waals surface area contributed by atoms with E-state index in [4.69, 9.17) is 10.6 Å². The van der Waals surface area contributed by atoms with Gasteiger partial charge < -0.3 is 4.74 Å². The van der Waals surface area contributed by atoms with Crippen molar-refractivity contribution in [3.8, 4) is 0 Å². The fourth-order valence-corrected chi connectivity index (χ4v) is 2.40. The summed E-state index contributed by atoms with van der Waals surface area (Å²) in [6.07, 6.45) is 0.955. The summed E-state index contributed by atoms with van der Waals surface area (Å²) < 4.78 is 5.48. The van der Waals surface area contributed by atoms with Crippen LogP contribution < -0.4 is 11.3 Å². The second-order valence-corrected chi connectivity index (χ2v) is 4.73. The summed E-state index contributed by atoms with van der Waals surface area (Å²) in [5, 5.41) is 1.12. The Balaban J connectivity index is 2.41. The van der Waals surface area contributed by atoms with E-state index >= 15 is 0 Å². The number of pyridine rings is 1. The predicted molar refractivity (Wildman–Crippen MR) is 77.6 cm³/mol. The molecule has 2 rings (SSSR count). The maximum absolute atomic E-state index is 5.68. The molecule has 1 heterocycles. The number of ether oxygens (including phenoxy) is 1. The number of fused-ring (bicyclic) bond motifs is 1. The van der Waals surface area contributed by atoms with E-state index in [1.54, 1.807) is 7.11 Å². The van der Waals surface area contributed by atoms with E-state index < -0.39 is 0 Å². The molecule has 0 bridgehead atoms. The van der Waals surface area contributed by atoms with Gasteiger partial charge in [-0.25, -0.2) is 0 Å².